The Morgan fingerprint density at radius 2 is 1.23 bits per heavy atom. The Kier molecular flexibility index (Phi) is 9.56. The first-order valence-corrected chi connectivity index (χ1v) is 11.0. The van der Waals surface area contributed by atoms with E-state index >= 15 is 0 Å². The maximum atomic E-state index is 13.4. The lowest BCUT2D eigenvalue weighted by Gasteiger charge is -2.24. The zero-order valence-corrected chi connectivity index (χ0v) is 19.5. The van der Waals surface area contributed by atoms with Crippen molar-refractivity contribution in [1.82, 2.24) is 5.32 Å². The van der Waals surface area contributed by atoms with E-state index in [9.17, 15) is 44.6 Å². The van der Waals surface area contributed by atoms with Crippen molar-refractivity contribution >= 4 is 0 Å². The van der Waals surface area contributed by atoms with E-state index in [-0.39, 0.29) is 28.4 Å². The Bertz CT molecular complexity index is 1220. The van der Waals surface area contributed by atoms with Crippen LogP contribution in [-0.2, 0) is 0 Å². The van der Waals surface area contributed by atoms with Gasteiger partial charge in [0.1, 0.15) is 23.0 Å². The summed E-state index contributed by atoms with van der Waals surface area (Å²) in [6, 6.07) is 14.0. The molecule has 0 saturated carbocycles. The summed E-state index contributed by atoms with van der Waals surface area (Å²) in [6.45, 7) is -4.10. The second kappa shape index (κ2) is 12.5. The fraction of sp³-hybridized carbons (Fsp3) is 0.280. The second-order valence-corrected chi connectivity index (χ2v) is 7.96. The lowest BCUT2D eigenvalue weighted by molar-refractivity contribution is -0.253. The molecule has 0 spiro atoms. The molecule has 212 valence electrons. The van der Waals surface area contributed by atoms with Crippen LogP contribution in [0.2, 0.25) is 0 Å². The van der Waals surface area contributed by atoms with Crippen LogP contribution in [0.4, 0.5) is 39.5 Å². The molecule has 0 radical (unpaired) electrons. The van der Waals surface area contributed by atoms with Gasteiger partial charge >= 0.3 is 25.3 Å². The second-order valence-electron chi connectivity index (χ2n) is 7.96. The monoisotopic (exact) mass is 569 g/mol. The molecule has 5 nitrogen and oxygen atoms in total. The fourth-order valence-electron chi connectivity index (χ4n) is 3.34. The van der Waals surface area contributed by atoms with Crippen LogP contribution in [0.25, 0.3) is 0 Å². The van der Waals surface area contributed by atoms with Crippen LogP contribution in [0, 0.1) is 0 Å². The normalized spacial score (nSPS) is 13.8. The van der Waals surface area contributed by atoms with Crippen molar-refractivity contribution in [3.05, 3.63) is 83.9 Å². The van der Waals surface area contributed by atoms with Crippen LogP contribution in [-0.4, -0.2) is 43.1 Å². The predicted octanol–water partition coefficient (Wildman–Crippen LogP) is 6.92. The van der Waals surface area contributed by atoms with Crippen LogP contribution in [0.5, 0.6) is 23.0 Å². The van der Waals surface area contributed by atoms with Crippen LogP contribution in [0.3, 0.4) is 0 Å². The molecule has 0 fully saturated rings. The third-order valence-electron chi connectivity index (χ3n) is 5.05. The zero-order chi connectivity index (χ0) is 28.8. The standard InChI is InChI=1S/C25H20F9NO4/c26-22(27)25(33,34)39-19-9-2-5-15(11-19)21(35-13-20(36)24(30,31)32)14-4-1-6-16(10-14)37-17-7-3-8-18(12-17)38-23(28)29/h1-12,20-23,35-36H,13H2. The molecule has 2 atom stereocenters. The highest BCUT2D eigenvalue weighted by molar-refractivity contribution is 5.42. The highest BCUT2D eigenvalue weighted by Gasteiger charge is 2.44. The Hall–Kier alpha value is -3.65. The molecule has 3 rings (SSSR count). The van der Waals surface area contributed by atoms with Gasteiger partial charge in [0.2, 0.25) is 0 Å². The molecule has 2 unspecified atom stereocenters. The van der Waals surface area contributed by atoms with E-state index in [0.29, 0.717) is 0 Å². The number of ether oxygens (including phenoxy) is 3. The van der Waals surface area contributed by atoms with Crippen molar-refractivity contribution in [2.75, 3.05) is 6.54 Å². The van der Waals surface area contributed by atoms with Crippen LogP contribution in [0.1, 0.15) is 17.2 Å². The smallest absolute Gasteiger partial charge is 0.457 e. The number of alkyl halides is 9. The van der Waals surface area contributed by atoms with Gasteiger partial charge in [0.15, 0.2) is 6.10 Å². The summed E-state index contributed by atoms with van der Waals surface area (Å²) in [6.07, 6.45) is -16.7. The van der Waals surface area contributed by atoms with Gasteiger partial charge in [-0.3, -0.25) is 0 Å². The number of aliphatic hydroxyl groups is 1. The highest BCUT2D eigenvalue weighted by atomic mass is 19.4. The number of rotatable bonds is 12. The molecule has 0 aliphatic carbocycles. The molecular formula is C25H20F9NO4. The molecule has 0 aliphatic rings. The largest absolute Gasteiger partial charge is 0.461 e. The summed E-state index contributed by atoms with van der Waals surface area (Å²) in [5.74, 6) is -0.714. The number of benzene rings is 3. The molecule has 2 N–H and O–H groups in total. The zero-order valence-electron chi connectivity index (χ0n) is 19.5. The van der Waals surface area contributed by atoms with E-state index in [1.807, 2.05) is 0 Å². The Morgan fingerprint density at radius 1 is 0.718 bits per heavy atom. The van der Waals surface area contributed by atoms with Crippen LogP contribution in [0.15, 0.2) is 72.8 Å². The SMILES string of the molecule is OC(CNC(c1cccc(Oc2cccc(OC(F)F)c2)c1)c1cccc(OC(F)(F)C(F)F)c1)C(F)(F)F. The minimum absolute atomic E-state index is 0.0245. The van der Waals surface area contributed by atoms with Crippen molar-refractivity contribution in [3.63, 3.8) is 0 Å². The fourth-order valence-corrected chi connectivity index (χ4v) is 3.34. The van der Waals surface area contributed by atoms with Crippen molar-refractivity contribution in [2.45, 2.75) is 37.5 Å². The Balaban J connectivity index is 1.93. The molecule has 0 heterocycles. The molecule has 14 heteroatoms. The molecule has 0 amide bonds. The van der Waals surface area contributed by atoms with Crippen molar-refractivity contribution in [1.29, 1.82) is 0 Å². The van der Waals surface area contributed by atoms with Gasteiger partial charge in [-0.2, -0.15) is 39.5 Å². The number of nitrogens with one attached hydrogen (secondary N) is 1. The summed E-state index contributed by atoms with van der Waals surface area (Å²) in [5, 5.41) is 11.9. The summed E-state index contributed by atoms with van der Waals surface area (Å²) in [7, 11) is 0. The molecule has 0 saturated heterocycles. The first kappa shape index (κ1) is 29.9. The van der Waals surface area contributed by atoms with E-state index in [0.717, 1.165) is 24.3 Å². The molecule has 39 heavy (non-hydrogen) atoms. The third-order valence-corrected chi connectivity index (χ3v) is 5.05. The summed E-state index contributed by atoms with van der Waals surface area (Å²) >= 11 is 0. The molecule has 0 aliphatic heterocycles. The van der Waals surface area contributed by atoms with E-state index in [1.165, 1.54) is 48.5 Å². The van der Waals surface area contributed by atoms with E-state index in [4.69, 9.17) is 4.74 Å². The summed E-state index contributed by atoms with van der Waals surface area (Å²) < 4.78 is 130. The molecule has 3 aromatic rings. The maximum absolute atomic E-state index is 13.4. The van der Waals surface area contributed by atoms with E-state index in [1.54, 1.807) is 0 Å². The Labute approximate surface area is 215 Å². The molecule has 3 aromatic carbocycles. The van der Waals surface area contributed by atoms with Crippen molar-refractivity contribution in [2.24, 2.45) is 0 Å². The average Bonchev–Trinajstić information content (AvgIpc) is 2.83. The number of hydrogen-bond donors (Lipinski definition) is 2. The van der Waals surface area contributed by atoms with E-state index < -0.39 is 49.8 Å². The first-order chi connectivity index (χ1) is 18.2. The highest BCUT2D eigenvalue weighted by Crippen LogP contribution is 2.33. The number of aliphatic hydroxyl groups excluding tert-OH is 1. The van der Waals surface area contributed by atoms with Crippen molar-refractivity contribution < 1.29 is 58.8 Å². The van der Waals surface area contributed by atoms with Gasteiger partial charge in [-0.05, 0) is 47.5 Å². The minimum atomic E-state index is -4.97. The average molecular weight is 569 g/mol. The molecule has 0 aromatic heterocycles. The number of halogens is 9. The van der Waals surface area contributed by atoms with E-state index in [2.05, 4.69) is 14.8 Å². The predicted molar refractivity (Wildman–Crippen MR) is 120 cm³/mol. The first-order valence-electron chi connectivity index (χ1n) is 11.0. The van der Waals surface area contributed by atoms with Crippen LogP contribution >= 0.6 is 0 Å². The molecule has 0 bridgehead atoms. The topological polar surface area (TPSA) is 60.0 Å². The van der Waals surface area contributed by atoms with Gasteiger partial charge in [-0.1, -0.05) is 30.3 Å². The number of hydrogen-bond acceptors (Lipinski definition) is 5. The van der Waals surface area contributed by atoms with Gasteiger partial charge in [-0.15, -0.1) is 0 Å². The Morgan fingerprint density at radius 3 is 1.79 bits per heavy atom. The van der Waals surface area contributed by atoms with Gasteiger partial charge in [0.05, 0.1) is 6.04 Å². The summed E-state index contributed by atoms with van der Waals surface area (Å²) in [5.41, 5.74) is 0.232. The van der Waals surface area contributed by atoms with Crippen molar-refractivity contribution in [3.8, 4) is 23.0 Å². The lowest BCUT2D eigenvalue weighted by atomic mass is 9.98. The summed E-state index contributed by atoms with van der Waals surface area (Å²) in [4.78, 5) is 0. The van der Waals surface area contributed by atoms with Gasteiger partial charge < -0.3 is 24.6 Å². The maximum Gasteiger partial charge on any atom is 0.461 e. The van der Waals surface area contributed by atoms with Gasteiger partial charge in [-0.25, -0.2) is 0 Å². The minimum Gasteiger partial charge on any atom is -0.457 e. The lowest BCUT2D eigenvalue weighted by Crippen LogP contribution is -2.40. The molecular weight excluding hydrogens is 549 g/mol. The van der Waals surface area contributed by atoms with Gasteiger partial charge in [0, 0.05) is 12.6 Å². The van der Waals surface area contributed by atoms with Gasteiger partial charge in [0.25, 0.3) is 0 Å². The third kappa shape index (κ3) is 8.68. The van der Waals surface area contributed by atoms with Crippen LogP contribution < -0.4 is 19.5 Å². The quantitative estimate of drug-likeness (QED) is 0.232.